The number of hydrogen-bond donors (Lipinski definition) is 1. The van der Waals surface area contributed by atoms with E-state index in [2.05, 4.69) is 17.4 Å². The van der Waals surface area contributed by atoms with Crippen LogP contribution in [0, 0.1) is 0 Å². The Morgan fingerprint density at radius 3 is 2.72 bits per heavy atom. The normalized spacial score (nSPS) is 20.0. The number of benzene rings is 1. The minimum absolute atomic E-state index is 0.248. The molecule has 4 heteroatoms. The summed E-state index contributed by atoms with van der Waals surface area (Å²) < 4.78 is 5.12. The van der Waals surface area contributed by atoms with Crippen LogP contribution < -0.4 is 10.1 Å². The lowest BCUT2D eigenvalue weighted by Gasteiger charge is -2.30. The zero-order valence-electron chi connectivity index (χ0n) is 11.0. The zero-order valence-corrected chi connectivity index (χ0v) is 11.0. The van der Waals surface area contributed by atoms with E-state index >= 15 is 0 Å². The van der Waals surface area contributed by atoms with E-state index in [0.717, 1.165) is 25.3 Å². The summed E-state index contributed by atoms with van der Waals surface area (Å²) in [5.74, 6) is 1.12. The van der Waals surface area contributed by atoms with Crippen molar-refractivity contribution in [3.8, 4) is 5.75 Å². The lowest BCUT2D eigenvalue weighted by atomic mass is 10.1. The average Bonchev–Trinajstić information content (AvgIpc) is 2.41. The molecule has 1 aromatic rings. The Balaban J connectivity index is 1.82. The third-order valence-corrected chi connectivity index (χ3v) is 3.38. The average molecular weight is 248 g/mol. The van der Waals surface area contributed by atoms with Gasteiger partial charge in [-0.05, 0) is 24.1 Å². The number of carbonyl (C=O) groups is 1. The number of nitrogens with zero attached hydrogens (tertiary/aromatic N) is 1. The molecule has 1 aliphatic rings. The molecule has 1 unspecified atom stereocenters. The van der Waals surface area contributed by atoms with Crippen molar-refractivity contribution in [3.63, 3.8) is 0 Å². The number of hydrogen-bond acceptors (Lipinski definition) is 3. The maximum Gasteiger partial charge on any atom is 0.222 e. The molecule has 0 saturated carbocycles. The fourth-order valence-corrected chi connectivity index (χ4v) is 2.18. The zero-order chi connectivity index (χ0) is 13.0. The molecule has 0 bridgehead atoms. The Morgan fingerprint density at radius 1 is 1.39 bits per heavy atom. The summed E-state index contributed by atoms with van der Waals surface area (Å²) in [5.41, 5.74) is 1.23. The number of likely N-dealkylation sites (N-methyl/N-ethyl adjacent to an activating group) is 1. The second-order valence-electron chi connectivity index (χ2n) is 4.74. The second-order valence-corrected chi connectivity index (χ2v) is 4.74. The van der Waals surface area contributed by atoms with Gasteiger partial charge in [0.05, 0.1) is 7.11 Å². The number of ether oxygens (including phenoxy) is 1. The summed E-state index contributed by atoms with van der Waals surface area (Å²) in [6, 6.07) is 8.45. The van der Waals surface area contributed by atoms with Crippen molar-refractivity contribution in [2.45, 2.75) is 25.4 Å². The van der Waals surface area contributed by atoms with Gasteiger partial charge in [-0.2, -0.15) is 0 Å². The Hall–Kier alpha value is -1.55. The van der Waals surface area contributed by atoms with E-state index in [-0.39, 0.29) is 5.91 Å². The Labute approximate surface area is 108 Å². The van der Waals surface area contributed by atoms with Gasteiger partial charge in [0.25, 0.3) is 0 Å². The maximum absolute atomic E-state index is 11.4. The lowest BCUT2D eigenvalue weighted by molar-refractivity contribution is -0.132. The van der Waals surface area contributed by atoms with Gasteiger partial charge in [0.1, 0.15) is 5.75 Å². The number of carbonyl (C=O) groups excluding carboxylic acids is 1. The van der Waals surface area contributed by atoms with Crippen LogP contribution in [-0.2, 0) is 11.3 Å². The predicted octanol–water partition coefficient (Wildman–Crippen LogP) is 1.41. The minimum atomic E-state index is 0.248. The van der Waals surface area contributed by atoms with Crippen LogP contribution in [0.2, 0.25) is 0 Å². The van der Waals surface area contributed by atoms with Crippen molar-refractivity contribution in [1.82, 2.24) is 10.2 Å². The molecule has 1 N–H and O–H groups in total. The Kier molecular flexibility index (Phi) is 4.20. The molecular formula is C14H20N2O2. The van der Waals surface area contributed by atoms with E-state index in [1.807, 2.05) is 19.2 Å². The maximum atomic E-state index is 11.4. The molecule has 1 aliphatic heterocycles. The molecule has 0 aromatic heterocycles. The molecule has 1 saturated heterocycles. The lowest BCUT2D eigenvalue weighted by Crippen LogP contribution is -2.46. The molecule has 0 aliphatic carbocycles. The predicted molar refractivity (Wildman–Crippen MR) is 70.5 cm³/mol. The van der Waals surface area contributed by atoms with Crippen LogP contribution in [0.15, 0.2) is 24.3 Å². The number of rotatable bonds is 4. The van der Waals surface area contributed by atoms with Gasteiger partial charge >= 0.3 is 0 Å². The molecule has 0 radical (unpaired) electrons. The number of likely N-dealkylation sites (tertiary alicyclic amines) is 1. The van der Waals surface area contributed by atoms with Crippen LogP contribution >= 0.6 is 0 Å². The van der Waals surface area contributed by atoms with Gasteiger partial charge in [0.15, 0.2) is 0 Å². The molecule has 2 rings (SSSR count). The van der Waals surface area contributed by atoms with E-state index < -0.39 is 0 Å². The smallest absolute Gasteiger partial charge is 0.222 e. The monoisotopic (exact) mass is 248 g/mol. The van der Waals surface area contributed by atoms with Crippen LogP contribution in [0.5, 0.6) is 5.75 Å². The third kappa shape index (κ3) is 3.23. The standard InChI is InChI=1S/C14H20N2O2/c1-16-10-12(5-8-14(16)17)15-9-11-3-6-13(18-2)7-4-11/h3-4,6-7,12,15H,5,8-10H2,1-2H3. The van der Waals surface area contributed by atoms with Gasteiger partial charge in [-0.15, -0.1) is 0 Å². The molecule has 1 atom stereocenters. The molecule has 1 heterocycles. The number of methoxy groups -OCH3 is 1. The van der Waals surface area contributed by atoms with Crippen molar-refractivity contribution < 1.29 is 9.53 Å². The molecule has 18 heavy (non-hydrogen) atoms. The third-order valence-electron chi connectivity index (χ3n) is 3.38. The summed E-state index contributed by atoms with van der Waals surface area (Å²) >= 11 is 0. The van der Waals surface area contributed by atoms with Gasteiger partial charge < -0.3 is 15.0 Å². The molecule has 1 aromatic carbocycles. The summed E-state index contributed by atoms with van der Waals surface area (Å²) in [7, 11) is 3.53. The van der Waals surface area contributed by atoms with Crippen LogP contribution in [0.3, 0.4) is 0 Å². The quantitative estimate of drug-likeness (QED) is 0.876. The van der Waals surface area contributed by atoms with Crippen LogP contribution in [-0.4, -0.2) is 37.6 Å². The molecule has 4 nitrogen and oxygen atoms in total. The fourth-order valence-electron chi connectivity index (χ4n) is 2.18. The van der Waals surface area contributed by atoms with Crippen molar-refractivity contribution in [1.29, 1.82) is 0 Å². The van der Waals surface area contributed by atoms with Gasteiger partial charge in [-0.3, -0.25) is 4.79 Å². The fraction of sp³-hybridized carbons (Fsp3) is 0.500. The largest absolute Gasteiger partial charge is 0.497 e. The summed E-state index contributed by atoms with van der Waals surface area (Å²) in [6.07, 6.45) is 1.58. The number of piperidine rings is 1. The summed E-state index contributed by atoms with van der Waals surface area (Å²) in [6.45, 7) is 1.63. The van der Waals surface area contributed by atoms with Crippen molar-refractivity contribution in [2.75, 3.05) is 20.7 Å². The highest BCUT2D eigenvalue weighted by molar-refractivity contribution is 5.76. The first-order chi connectivity index (χ1) is 8.69. The topological polar surface area (TPSA) is 41.6 Å². The van der Waals surface area contributed by atoms with E-state index in [0.29, 0.717) is 12.5 Å². The second kappa shape index (κ2) is 5.87. The van der Waals surface area contributed by atoms with E-state index in [4.69, 9.17) is 4.74 Å². The SMILES string of the molecule is COc1ccc(CNC2CCC(=O)N(C)C2)cc1. The first-order valence-electron chi connectivity index (χ1n) is 6.29. The van der Waals surface area contributed by atoms with Gasteiger partial charge in [0.2, 0.25) is 5.91 Å². The molecule has 1 amide bonds. The summed E-state index contributed by atoms with van der Waals surface area (Å²) in [5, 5.41) is 3.49. The van der Waals surface area contributed by atoms with Gasteiger partial charge in [0, 0.05) is 32.6 Å². The van der Waals surface area contributed by atoms with Gasteiger partial charge in [-0.25, -0.2) is 0 Å². The van der Waals surface area contributed by atoms with Crippen LogP contribution in [0.4, 0.5) is 0 Å². The first kappa shape index (κ1) is 12.9. The van der Waals surface area contributed by atoms with E-state index in [1.54, 1.807) is 12.0 Å². The molecule has 0 spiro atoms. The highest BCUT2D eigenvalue weighted by Gasteiger charge is 2.21. The number of nitrogens with one attached hydrogen (secondary N) is 1. The van der Waals surface area contributed by atoms with E-state index in [9.17, 15) is 4.79 Å². The molecule has 98 valence electrons. The Morgan fingerprint density at radius 2 is 2.11 bits per heavy atom. The minimum Gasteiger partial charge on any atom is -0.497 e. The molecule has 1 fully saturated rings. The summed E-state index contributed by atoms with van der Waals surface area (Å²) in [4.78, 5) is 13.2. The van der Waals surface area contributed by atoms with Crippen LogP contribution in [0.25, 0.3) is 0 Å². The van der Waals surface area contributed by atoms with Crippen LogP contribution in [0.1, 0.15) is 18.4 Å². The van der Waals surface area contributed by atoms with Gasteiger partial charge in [-0.1, -0.05) is 12.1 Å². The number of amides is 1. The first-order valence-corrected chi connectivity index (χ1v) is 6.29. The highest BCUT2D eigenvalue weighted by Crippen LogP contribution is 2.13. The van der Waals surface area contributed by atoms with Crippen molar-refractivity contribution in [3.05, 3.63) is 29.8 Å². The van der Waals surface area contributed by atoms with Crippen molar-refractivity contribution >= 4 is 5.91 Å². The highest BCUT2D eigenvalue weighted by atomic mass is 16.5. The molecular weight excluding hydrogens is 228 g/mol. The van der Waals surface area contributed by atoms with E-state index in [1.165, 1.54) is 5.56 Å². The van der Waals surface area contributed by atoms with Crippen molar-refractivity contribution in [2.24, 2.45) is 0 Å². The Bertz CT molecular complexity index is 403.